The van der Waals surface area contributed by atoms with Gasteiger partial charge in [0.1, 0.15) is 5.76 Å². The average molecular weight is 451 g/mol. The summed E-state index contributed by atoms with van der Waals surface area (Å²) in [5.74, 6) is 1.93. The Balaban J connectivity index is 1.47. The van der Waals surface area contributed by atoms with Gasteiger partial charge in [0.25, 0.3) is 0 Å². The number of aliphatic hydroxyl groups excluding tert-OH is 1. The highest BCUT2D eigenvalue weighted by atomic mass is 16.5. The Morgan fingerprint density at radius 1 is 1.12 bits per heavy atom. The predicted molar refractivity (Wildman–Crippen MR) is 132 cm³/mol. The summed E-state index contributed by atoms with van der Waals surface area (Å²) >= 11 is 0. The molecule has 1 N–H and O–H groups in total. The molecule has 3 heteroatoms. The Kier molecular flexibility index (Phi) is 5.05. The Morgan fingerprint density at radius 2 is 1.85 bits per heavy atom. The maximum atomic E-state index is 11.9. The van der Waals surface area contributed by atoms with Gasteiger partial charge in [-0.15, -0.1) is 0 Å². The van der Waals surface area contributed by atoms with E-state index in [1.807, 2.05) is 13.0 Å². The minimum atomic E-state index is -0.216. The molecule has 5 rings (SSSR count). The number of carbonyl (C=O) groups is 1. The Bertz CT molecular complexity index is 1010. The molecule has 180 valence electrons. The van der Waals surface area contributed by atoms with E-state index < -0.39 is 0 Å². The van der Waals surface area contributed by atoms with Crippen molar-refractivity contribution < 1.29 is 14.6 Å². The second kappa shape index (κ2) is 7.20. The molecule has 0 aromatic rings. The van der Waals surface area contributed by atoms with Gasteiger partial charge in [-0.1, -0.05) is 53.7 Å². The Hall–Kier alpha value is -1.61. The first-order chi connectivity index (χ1) is 15.3. The summed E-state index contributed by atoms with van der Waals surface area (Å²) in [6.45, 7) is 16.2. The van der Waals surface area contributed by atoms with Crippen LogP contribution in [0.15, 0.2) is 46.8 Å². The maximum absolute atomic E-state index is 11.9. The van der Waals surface area contributed by atoms with Crippen LogP contribution in [0.4, 0.5) is 0 Å². The molecule has 1 aliphatic heterocycles. The number of cyclic esters (lactones) is 1. The van der Waals surface area contributed by atoms with Crippen LogP contribution in [0.5, 0.6) is 0 Å². The first-order valence-electron chi connectivity index (χ1n) is 13.1. The minimum Gasteiger partial charge on any atom is -0.423 e. The van der Waals surface area contributed by atoms with Crippen molar-refractivity contribution in [2.24, 2.45) is 39.4 Å². The molecule has 0 bridgehead atoms. The number of aliphatic hydroxyl groups is 1. The van der Waals surface area contributed by atoms with E-state index >= 15 is 0 Å². The number of hydrogen-bond donors (Lipinski definition) is 1. The molecule has 0 aromatic heterocycles. The van der Waals surface area contributed by atoms with Crippen LogP contribution in [0, 0.1) is 39.4 Å². The van der Waals surface area contributed by atoms with Gasteiger partial charge in [-0.25, -0.2) is 4.79 Å². The lowest BCUT2D eigenvalue weighted by Gasteiger charge is -2.62. The summed E-state index contributed by atoms with van der Waals surface area (Å²) in [6.07, 6.45) is 15.6. The van der Waals surface area contributed by atoms with E-state index in [9.17, 15) is 9.90 Å². The quantitative estimate of drug-likeness (QED) is 0.466. The van der Waals surface area contributed by atoms with E-state index in [1.54, 1.807) is 11.1 Å². The largest absolute Gasteiger partial charge is 0.423 e. The normalized spacial score (nSPS) is 45.9. The maximum Gasteiger partial charge on any atom is 0.339 e. The number of carbonyl (C=O) groups excluding carboxylic acids is 1. The third-order valence-electron chi connectivity index (χ3n) is 11.4. The van der Waals surface area contributed by atoms with Crippen LogP contribution in [0.3, 0.4) is 0 Å². The number of rotatable bonds is 2. The molecule has 0 saturated heterocycles. The van der Waals surface area contributed by atoms with Gasteiger partial charge in [0, 0.05) is 5.57 Å². The molecule has 3 nitrogen and oxygen atoms in total. The number of allylic oxidation sites excluding steroid dienone is 6. The predicted octanol–water partition coefficient (Wildman–Crippen LogP) is 6.90. The summed E-state index contributed by atoms with van der Waals surface area (Å²) in [7, 11) is 0. The van der Waals surface area contributed by atoms with Crippen molar-refractivity contribution >= 4 is 5.97 Å². The van der Waals surface area contributed by atoms with Crippen LogP contribution >= 0.6 is 0 Å². The van der Waals surface area contributed by atoms with Gasteiger partial charge in [-0.3, -0.25) is 0 Å². The van der Waals surface area contributed by atoms with E-state index in [-0.39, 0.29) is 33.7 Å². The topological polar surface area (TPSA) is 46.5 Å². The second-order valence-electron chi connectivity index (χ2n) is 13.1. The van der Waals surface area contributed by atoms with Crippen LogP contribution in [-0.2, 0) is 9.53 Å². The first kappa shape index (κ1) is 23.1. The van der Waals surface area contributed by atoms with Crippen molar-refractivity contribution in [1.82, 2.24) is 0 Å². The van der Waals surface area contributed by atoms with E-state index in [0.717, 1.165) is 25.7 Å². The summed E-state index contributed by atoms with van der Waals surface area (Å²) in [6, 6.07) is 0. The van der Waals surface area contributed by atoms with Crippen molar-refractivity contribution in [1.29, 1.82) is 0 Å². The number of fused-ring (bicyclic) bond motifs is 5. The zero-order valence-electron chi connectivity index (χ0n) is 21.6. The fraction of sp³-hybridized carbons (Fsp3) is 0.700. The standard InChI is InChI=1S/C30H42O3/c1-18-16-20(33-26(18)32)17-19(2)29(6)14-11-23-21-8-9-24-27(3,4)25(31)12-13-28(24,5)22(21)10-15-30(23,29)7/h8,11,16-17,19,22,24-25,31H,9-10,12-15H2,1-7H3/b20-17-/t19-,22-,24+,25-,28-,29+,30-/m1/s1. The Labute approximate surface area is 200 Å². The molecule has 7 atom stereocenters. The van der Waals surface area contributed by atoms with E-state index in [2.05, 4.69) is 59.8 Å². The summed E-state index contributed by atoms with van der Waals surface area (Å²) in [5, 5.41) is 10.8. The Morgan fingerprint density at radius 3 is 2.52 bits per heavy atom. The van der Waals surface area contributed by atoms with Crippen molar-refractivity contribution in [2.45, 2.75) is 93.1 Å². The zero-order chi connectivity index (χ0) is 24.0. The highest BCUT2D eigenvalue weighted by Gasteiger charge is 2.61. The van der Waals surface area contributed by atoms with Crippen LogP contribution in [0.25, 0.3) is 0 Å². The highest BCUT2D eigenvalue weighted by molar-refractivity contribution is 5.92. The molecular formula is C30H42O3. The van der Waals surface area contributed by atoms with Gasteiger partial charge < -0.3 is 9.84 Å². The molecular weight excluding hydrogens is 408 g/mol. The fourth-order valence-electron chi connectivity index (χ4n) is 8.64. The third kappa shape index (κ3) is 3.00. The van der Waals surface area contributed by atoms with Crippen molar-refractivity contribution in [3.8, 4) is 0 Å². The van der Waals surface area contributed by atoms with E-state index in [1.165, 1.54) is 12.8 Å². The lowest BCUT2D eigenvalue weighted by atomic mass is 9.43. The lowest BCUT2D eigenvalue weighted by Crippen LogP contribution is -2.56. The van der Waals surface area contributed by atoms with E-state index in [4.69, 9.17) is 4.74 Å². The molecule has 0 radical (unpaired) electrons. The number of esters is 1. The van der Waals surface area contributed by atoms with Crippen molar-refractivity contribution in [2.75, 3.05) is 0 Å². The van der Waals surface area contributed by atoms with Gasteiger partial charge in [0.2, 0.25) is 0 Å². The van der Waals surface area contributed by atoms with Crippen molar-refractivity contribution in [3.63, 3.8) is 0 Å². The number of hydrogen-bond acceptors (Lipinski definition) is 3. The minimum absolute atomic E-state index is 0.0284. The average Bonchev–Trinajstić information content (AvgIpc) is 3.21. The van der Waals surface area contributed by atoms with Gasteiger partial charge in [-0.2, -0.15) is 0 Å². The molecule has 0 spiro atoms. The van der Waals surface area contributed by atoms with Gasteiger partial charge in [-0.05, 0) is 108 Å². The summed E-state index contributed by atoms with van der Waals surface area (Å²) in [4.78, 5) is 11.9. The molecule has 2 fully saturated rings. The zero-order valence-corrected chi connectivity index (χ0v) is 21.6. The summed E-state index contributed by atoms with van der Waals surface area (Å²) in [5.41, 5.74) is 4.34. The van der Waals surface area contributed by atoms with Crippen LogP contribution in [0.2, 0.25) is 0 Å². The highest BCUT2D eigenvalue weighted by Crippen LogP contribution is 2.70. The van der Waals surface area contributed by atoms with Gasteiger partial charge >= 0.3 is 5.97 Å². The molecule has 4 aliphatic carbocycles. The van der Waals surface area contributed by atoms with E-state index in [0.29, 0.717) is 29.1 Å². The van der Waals surface area contributed by atoms with Crippen LogP contribution in [0.1, 0.15) is 87.0 Å². The third-order valence-corrected chi connectivity index (χ3v) is 11.4. The molecule has 33 heavy (non-hydrogen) atoms. The van der Waals surface area contributed by atoms with Gasteiger partial charge in [0.15, 0.2) is 0 Å². The van der Waals surface area contributed by atoms with Crippen molar-refractivity contribution in [3.05, 3.63) is 46.8 Å². The number of ether oxygens (including phenoxy) is 1. The molecule has 2 saturated carbocycles. The SMILES string of the molecule is CC1=C/C(=C/[C@@H](C)[C@]2(C)CC=C3C4=CC[C@H]5C(C)(C)[C@H](O)CC[C@]5(C)[C@@H]4CC[C@]32C)OC1=O. The molecule has 0 aromatic carbocycles. The first-order valence-corrected chi connectivity index (χ1v) is 13.1. The lowest BCUT2D eigenvalue weighted by molar-refractivity contribution is -0.133. The van der Waals surface area contributed by atoms with Crippen LogP contribution in [-0.4, -0.2) is 17.2 Å². The molecule has 5 aliphatic rings. The molecule has 0 unspecified atom stereocenters. The molecule has 1 heterocycles. The summed E-state index contributed by atoms with van der Waals surface area (Å²) < 4.78 is 5.48. The van der Waals surface area contributed by atoms with Gasteiger partial charge in [0.05, 0.1) is 6.10 Å². The smallest absolute Gasteiger partial charge is 0.339 e. The van der Waals surface area contributed by atoms with Crippen LogP contribution < -0.4 is 0 Å². The molecule has 0 amide bonds. The monoisotopic (exact) mass is 450 g/mol. The second-order valence-corrected chi connectivity index (χ2v) is 13.1. The fourth-order valence-corrected chi connectivity index (χ4v) is 8.64.